The standard InChI is InChI=1S/C23H25N3O3SSi/c1-3-31(18-10-6-4-7-11-18,19-12-8-5-9-13-19)23-29-21(16-30-23)26-15-14-20(24-17(2)27)25-22(26)28/h4-15,21,23H,3,16H2,1-2H3,(H,24,25,27,28). The highest BCUT2D eigenvalue weighted by Crippen LogP contribution is 2.38. The van der Waals surface area contributed by atoms with Crippen molar-refractivity contribution in [2.45, 2.75) is 31.2 Å². The molecule has 8 heteroatoms. The number of ether oxygens (including phenoxy) is 1. The largest absolute Gasteiger partial charge is 0.351 e. The molecule has 2 heterocycles. The fourth-order valence-corrected chi connectivity index (χ4v) is 11.7. The topological polar surface area (TPSA) is 73.2 Å². The van der Waals surface area contributed by atoms with Crippen LogP contribution in [0, 0.1) is 0 Å². The summed E-state index contributed by atoms with van der Waals surface area (Å²) in [4.78, 5) is 27.8. The smallest absolute Gasteiger partial charge is 0.346 e. The van der Waals surface area contributed by atoms with Gasteiger partial charge in [-0.3, -0.25) is 9.36 Å². The van der Waals surface area contributed by atoms with Crippen LogP contribution in [0.2, 0.25) is 6.04 Å². The van der Waals surface area contributed by atoms with Crippen molar-refractivity contribution in [2.75, 3.05) is 11.1 Å². The maximum atomic E-state index is 12.6. The van der Waals surface area contributed by atoms with E-state index in [1.807, 2.05) is 12.1 Å². The highest BCUT2D eigenvalue weighted by Gasteiger charge is 2.48. The van der Waals surface area contributed by atoms with E-state index >= 15 is 0 Å². The number of nitrogens with one attached hydrogen (secondary N) is 1. The van der Waals surface area contributed by atoms with Crippen LogP contribution in [-0.2, 0) is 9.53 Å². The lowest BCUT2D eigenvalue weighted by Gasteiger charge is -2.36. The second kappa shape index (κ2) is 9.21. The minimum Gasteiger partial charge on any atom is -0.346 e. The lowest BCUT2D eigenvalue weighted by Crippen LogP contribution is -2.65. The zero-order valence-corrected chi connectivity index (χ0v) is 19.3. The molecule has 6 nitrogen and oxygen atoms in total. The summed E-state index contributed by atoms with van der Waals surface area (Å²) in [6.45, 7) is 3.62. The third kappa shape index (κ3) is 4.23. The molecule has 2 atom stereocenters. The van der Waals surface area contributed by atoms with Crippen molar-refractivity contribution in [1.82, 2.24) is 9.55 Å². The normalized spacial score (nSPS) is 18.6. The molecule has 4 rings (SSSR count). The zero-order valence-electron chi connectivity index (χ0n) is 17.5. The van der Waals surface area contributed by atoms with Crippen molar-refractivity contribution in [3.8, 4) is 0 Å². The molecular weight excluding hydrogens is 426 g/mol. The van der Waals surface area contributed by atoms with E-state index in [2.05, 4.69) is 65.8 Å². The van der Waals surface area contributed by atoms with E-state index in [-0.39, 0.29) is 16.8 Å². The molecule has 1 aliphatic heterocycles. The van der Waals surface area contributed by atoms with E-state index in [1.165, 1.54) is 21.9 Å². The first-order chi connectivity index (χ1) is 15.0. The number of amides is 1. The highest BCUT2D eigenvalue weighted by atomic mass is 32.2. The summed E-state index contributed by atoms with van der Waals surface area (Å²) in [5.41, 5.74) is -0.430. The molecule has 1 saturated heterocycles. The summed E-state index contributed by atoms with van der Waals surface area (Å²) in [5.74, 6) is 0.656. The molecule has 0 spiro atoms. The fourth-order valence-electron chi connectivity index (χ4n) is 4.16. The van der Waals surface area contributed by atoms with Crippen molar-refractivity contribution in [2.24, 2.45) is 0 Å². The highest BCUT2D eigenvalue weighted by molar-refractivity contribution is 8.02. The van der Waals surface area contributed by atoms with E-state index in [4.69, 9.17) is 4.74 Å². The number of hydrogen-bond donors (Lipinski definition) is 1. The van der Waals surface area contributed by atoms with Gasteiger partial charge in [-0.2, -0.15) is 4.98 Å². The van der Waals surface area contributed by atoms with Gasteiger partial charge in [0.1, 0.15) is 17.1 Å². The van der Waals surface area contributed by atoms with E-state index in [9.17, 15) is 9.59 Å². The Kier molecular flexibility index (Phi) is 6.40. The Morgan fingerprint density at radius 1 is 1.13 bits per heavy atom. The van der Waals surface area contributed by atoms with Gasteiger partial charge in [-0.1, -0.05) is 78.0 Å². The van der Waals surface area contributed by atoms with Crippen LogP contribution in [0.15, 0.2) is 77.7 Å². The number of benzene rings is 2. The minimum absolute atomic E-state index is 0.0331. The Hall–Kier alpha value is -2.68. The number of aromatic nitrogens is 2. The van der Waals surface area contributed by atoms with Gasteiger partial charge in [0.2, 0.25) is 5.91 Å². The van der Waals surface area contributed by atoms with Gasteiger partial charge in [-0.25, -0.2) is 4.79 Å². The molecule has 160 valence electrons. The van der Waals surface area contributed by atoms with Crippen molar-refractivity contribution in [3.05, 3.63) is 83.4 Å². The van der Waals surface area contributed by atoms with Crippen LogP contribution >= 0.6 is 11.8 Å². The zero-order chi connectivity index (χ0) is 21.8. The first-order valence-corrected chi connectivity index (χ1v) is 13.6. The molecule has 1 N–H and O–H groups in total. The maximum Gasteiger partial charge on any atom is 0.351 e. The first kappa shape index (κ1) is 21.5. The van der Waals surface area contributed by atoms with E-state index in [0.29, 0.717) is 5.75 Å². The number of hydrogen-bond acceptors (Lipinski definition) is 5. The Bertz CT molecular complexity index is 1070. The van der Waals surface area contributed by atoms with E-state index in [1.54, 1.807) is 24.0 Å². The first-order valence-electron chi connectivity index (χ1n) is 10.3. The molecule has 1 amide bonds. The van der Waals surface area contributed by atoms with Crippen LogP contribution in [0.1, 0.15) is 20.1 Å². The summed E-state index contributed by atoms with van der Waals surface area (Å²) in [5, 5.41) is 5.17. The minimum atomic E-state index is -2.27. The van der Waals surface area contributed by atoms with Crippen LogP contribution in [0.3, 0.4) is 0 Å². The summed E-state index contributed by atoms with van der Waals surface area (Å²) in [6, 6.07) is 23.8. The third-order valence-electron chi connectivity index (χ3n) is 5.65. The maximum absolute atomic E-state index is 12.6. The van der Waals surface area contributed by atoms with Crippen molar-refractivity contribution in [3.63, 3.8) is 0 Å². The SMILES string of the molecule is CC[Si](c1ccccc1)(c1ccccc1)C1OC(n2ccc(NC(C)=O)nc2=O)CS1. The van der Waals surface area contributed by atoms with Gasteiger partial charge in [0.15, 0.2) is 8.07 Å². The van der Waals surface area contributed by atoms with Crippen LogP contribution in [-0.4, -0.2) is 34.3 Å². The average molecular weight is 452 g/mol. The van der Waals surface area contributed by atoms with Gasteiger partial charge in [0.25, 0.3) is 0 Å². The van der Waals surface area contributed by atoms with Gasteiger partial charge in [-0.15, -0.1) is 11.8 Å². The Morgan fingerprint density at radius 2 is 1.74 bits per heavy atom. The molecule has 2 aromatic carbocycles. The van der Waals surface area contributed by atoms with Crippen molar-refractivity contribution in [1.29, 1.82) is 0 Å². The van der Waals surface area contributed by atoms with Gasteiger partial charge >= 0.3 is 5.69 Å². The molecule has 3 aromatic rings. The average Bonchev–Trinajstić information content (AvgIpc) is 3.26. The molecule has 1 aliphatic rings. The van der Waals surface area contributed by atoms with Crippen molar-refractivity contribution < 1.29 is 9.53 Å². The van der Waals surface area contributed by atoms with Crippen LogP contribution in [0.4, 0.5) is 5.82 Å². The molecule has 1 aromatic heterocycles. The predicted octanol–water partition coefficient (Wildman–Crippen LogP) is 2.61. The van der Waals surface area contributed by atoms with Crippen LogP contribution < -0.4 is 21.4 Å². The summed E-state index contributed by atoms with van der Waals surface area (Å²) >= 11 is 1.77. The molecule has 31 heavy (non-hydrogen) atoms. The van der Waals surface area contributed by atoms with E-state index < -0.39 is 20.0 Å². The number of anilines is 1. The molecule has 1 fully saturated rings. The van der Waals surface area contributed by atoms with Crippen LogP contribution in [0.5, 0.6) is 0 Å². The lowest BCUT2D eigenvalue weighted by molar-refractivity contribution is -0.114. The molecule has 2 unspecified atom stereocenters. The van der Waals surface area contributed by atoms with E-state index in [0.717, 1.165) is 6.04 Å². The molecular formula is C23H25N3O3SSi. The number of nitrogens with zero attached hydrogens (tertiary/aromatic N) is 2. The number of rotatable bonds is 6. The van der Waals surface area contributed by atoms with Crippen molar-refractivity contribution >= 4 is 41.9 Å². The number of carbonyl (C=O) groups is 1. The Morgan fingerprint density at radius 3 is 2.26 bits per heavy atom. The Balaban J connectivity index is 1.68. The number of thioether (sulfide) groups is 1. The van der Waals surface area contributed by atoms with Gasteiger partial charge < -0.3 is 10.1 Å². The number of carbonyl (C=O) groups excluding carboxylic acids is 1. The van der Waals surface area contributed by atoms with Gasteiger partial charge in [-0.05, 0) is 12.1 Å². The molecule has 0 saturated carbocycles. The molecule has 0 bridgehead atoms. The summed E-state index contributed by atoms with van der Waals surface area (Å²) in [6.07, 6.45) is 1.25. The molecule has 0 aliphatic carbocycles. The quantitative estimate of drug-likeness (QED) is 0.583. The Labute approximate surface area is 186 Å². The van der Waals surface area contributed by atoms with Crippen LogP contribution in [0.25, 0.3) is 0 Å². The third-order valence-corrected chi connectivity index (χ3v) is 13.0. The predicted molar refractivity (Wildman–Crippen MR) is 128 cm³/mol. The lowest BCUT2D eigenvalue weighted by atomic mass is 10.4. The summed E-state index contributed by atoms with van der Waals surface area (Å²) in [7, 11) is -2.27. The van der Waals surface area contributed by atoms with Gasteiger partial charge in [0, 0.05) is 18.9 Å². The second-order valence-electron chi connectivity index (χ2n) is 7.50. The summed E-state index contributed by atoms with van der Waals surface area (Å²) < 4.78 is 8.09. The monoisotopic (exact) mass is 451 g/mol. The van der Waals surface area contributed by atoms with Gasteiger partial charge in [0.05, 0.1) is 0 Å². The fraction of sp³-hybridized carbons (Fsp3) is 0.261. The molecule has 0 radical (unpaired) electrons. The second-order valence-corrected chi connectivity index (χ2v) is 13.3.